The molecule has 0 fully saturated rings. The van der Waals surface area contributed by atoms with E-state index in [9.17, 15) is 0 Å². The van der Waals surface area contributed by atoms with E-state index in [1.54, 1.807) is 6.07 Å². The van der Waals surface area contributed by atoms with Crippen LogP contribution < -0.4 is 5.32 Å². The molecule has 0 radical (unpaired) electrons. The fourth-order valence-electron chi connectivity index (χ4n) is 1.85. The number of anilines is 1. The van der Waals surface area contributed by atoms with Gasteiger partial charge in [-0.1, -0.05) is 46.2 Å². The Labute approximate surface area is 115 Å². The number of aromatic nitrogens is 2. The summed E-state index contributed by atoms with van der Waals surface area (Å²) in [4.78, 5) is 8.83. The minimum atomic E-state index is -0.0946. The normalized spacial score (nSPS) is 13.8. The summed E-state index contributed by atoms with van der Waals surface area (Å²) in [6.07, 6.45) is 1.10. The van der Waals surface area contributed by atoms with Crippen LogP contribution in [0.2, 0.25) is 5.15 Å². The molecule has 0 saturated carbocycles. The lowest BCUT2D eigenvalue weighted by Crippen LogP contribution is -2.21. The summed E-state index contributed by atoms with van der Waals surface area (Å²) in [7, 11) is 0. The number of nitrogens with one attached hydrogen (secondary N) is 1. The highest BCUT2D eigenvalue weighted by atomic mass is 35.5. The Morgan fingerprint density at radius 1 is 1.22 bits per heavy atom. The summed E-state index contributed by atoms with van der Waals surface area (Å²) in [5, 5.41) is 3.89. The molecule has 1 unspecified atom stereocenters. The van der Waals surface area contributed by atoms with Gasteiger partial charge < -0.3 is 5.32 Å². The van der Waals surface area contributed by atoms with E-state index in [1.165, 1.54) is 0 Å². The lowest BCUT2D eigenvalue weighted by atomic mass is 9.96. The number of hydrogen-bond donors (Lipinski definition) is 1. The molecule has 0 amide bonds. The highest BCUT2D eigenvalue weighted by Crippen LogP contribution is 2.23. The van der Waals surface area contributed by atoms with Crippen molar-refractivity contribution in [2.24, 2.45) is 5.92 Å². The predicted molar refractivity (Wildman–Crippen MR) is 78.3 cm³/mol. The molecule has 1 rings (SSSR count). The molecular formula is C14H24ClN3. The van der Waals surface area contributed by atoms with Gasteiger partial charge in [0.1, 0.15) is 16.8 Å². The van der Waals surface area contributed by atoms with Gasteiger partial charge in [-0.15, -0.1) is 0 Å². The Balaban J connectivity index is 2.87. The van der Waals surface area contributed by atoms with Crippen LogP contribution in [0, 0.1) is 5.92 Å². The molecule has 102 valence electrons. The van der Waals surface area contributed by atoms with Gasteiger partial charge in [0.15, 0.2) is 0 Å². The largest absolute Gasteiger partial charge is 0.367 e. The van der Waals surface area contributed by atoms with Crippen LogP contribution in [-0.4, -0.2) is 16.0 Å². The molecule has 0 aliphatic rings. The van der Waals surface area contributed by atoms with Crippen molar-refractivity contribution in [2.75, 3.05) is 5.32 Å². The highest BCUT2D eigenvalue weighted by molar-refractivity contribution is 6.29. The van der Waals surface area contributed by atoms with Crippen molar-refractivity contribution in [1.29, 1.82) is 0 Å². The van der Waals surface area contributed by atoms with E-state index in [0.29, 0.717) is 17.1 Å². The molecule has 0 bridgehead atoms. The smallest absolute Gasteiger partial charge is 0.137 e. The van der Waals surface area contributed by atoms with E-state index >= 15 is 0 Å². The zero-order valence-electron chi connectivity index (χ0n) is 12.2. The molecule has 1 heterocycles. The second-order valence-electron chi connectivity index (χ2n) is 6.32. The minimum Gasteiger partial charge on any atom is -0.367 e. The lowest BCUT2D eigenvalue weighted by molar-refractivity contribution is 0.532. The van der Waals surface area contributed by atoms with E-state index < -0.39 is 0 Å². The van der Waals surface area contributed by atoms with Gasteiger partial charge in [-0.25, -0.2) is 9.97 Å². The van der Waals surface area contributed by atoms with E-state index in [-0.39, 0.29) is 5.41 Å². The lowest BCUT2D eigenvalue weighted by Gasteiger charge is -2.20. The minimum absolute atomic E-state index is 0.0946. The van der Waals surface area contributed by atoms with E-state index in [0.717, 1.165) is 18.1 Å². The summed E-state index contributed by atoms with van der Waals surface area (Å²) in [5.41, 5.74) is -0.0946. The first kappa shape index (κ1) is 15.2. The van der Waals surface area contributed by atoms with Crippen LogP contribution in [0.5, 0.6) is 0 Å². The fourth-order valence-corrected chi connectivity index (χ4v) is 2.03. The quantitative estimate of drug-likeness (QED) is 0.830. The Morgan fingerprint density at radius 2 is 1.83 bits per heavy atom. The summed E-state index contributed by atoms with van der Waals surface area (Å²) in [6, 6.07) is 2.16. The van der Waals surface area contributed by atoms with Crippen LogP contribution in [0.25, 0.3) is 0 Å². The number of hydrogen-bond acceptors (Lipinski definition) is 3. The van der Waals surface area contributed by atoms with Gasteiger partial charge in [-0.05, 0) is 19.3 Å². The van der Waals surface area contributed by atoms with E-state index in [2.05, 4.69) is 56.8 Å². The Hall–Kier alpha value is -0.830. The molecule has 3 nitrogen and oxygen atoms in total. The van der Waals surface area contributed by atoms with Crippen LogP contribution in [0.4, 0.5) is 5.82 Å². The van der Waals surface area contributed by atoms with Crippen molar-refractivity contribution in [3.63, 3.8) is 0 Å². The van der Waals surface area contributed by atoms with Gasteiger partial charge in [-0.3, -0.25) is 0 Å². The molecule has 0 spiro atoms. The van der Waals surface area contributed by atoms with Crippen LogP contribution >= 0.6 is 11.6 Å². The van der Waals surface area contributed by atoms with Crippen molar-refractivity contribution >= 4 is 17.4 Å². The third kappa shape index (κ3) is 4.81. The van der Waals surface area contributed by atoms with Gasteiger partial charge in [0.05, 0.1) is 0 Å². The Morgan fingerprint density at radius 3 is 2.33 bits per heavy atom. The van der Waals surface area contributed by atoms with Crippen LogP contribution in [-0.2, 0) is 5.41 Å². The molecule has 18 heavy (non-hydrogen) atoms. The number of nitrogens with zero attached hydrogens (tertiary/aromatic N) is 2. The first-order chi connectivity index (χ1) is 8.18. The van der Waals surface area contributed by atoms with Crippen LogP contribution in [0.15, 0.2) is 6.07 Å². The molecule has 1 N–H and O–H groups in total. The van der Waals surface area contributed by atoms with Gasteiger partial charge in [0.2, 0.25) is 0 Å². The maximum atomic E-state index is 6.05. The molecule has 4 heteroatoms. The second kappa shape index (κ2) is 5.87. The third-order valence-corrected chi connectivity index (χ3v) is 2.78. The molecule has 1 aromatic heterocycles. The summed E-state index contributed by atoms with van der Waals surface area (Å²) in [5.74, 6) is 2.24. The van der Waals surface area contributed by atoms with Gasteiger partial charge in [-0.2, -0.15) is 0 Å². The summed E-state index contributed by atoms with van der Waals surface area (Å²) >= 11 is 6.05. The summed E-state index contributed by atoms with van der Waals surface area (Å²) in [6.45, 7) is 12.8. The molecule has 0 aliphatic heterocycles. The van der Waals surface area contributed by atoms with Crippen LogP contribution in [0.1, 0.15) is 53.8 Å². The van der Waals surface area contributed by atoms with Crippen molar-refractivity contribution in [2.45, 2.75) is 59.4 Å². The molecule has 1 atom stereocenters. The summed E-state index contributed by atoms with van der Waals surface area (Å²) < 4.78 is 0. The zero-order valence-corrected chi connectivity index (χ0v) is 13.0. The first-order valence-electron chi connectivity index (χ1n) is 6.50. The number of halogens is 1. The standard InChI is InChI=1S/C14H24ClN3/c1-9(2)7-10(3)16-12-8-11(15)17-13(18-12)14(4,5)6/h8-10H,7H2,1-6H3,(H,16,17,18). The Kier molecular flexibility index (Phi) is 4.97. The highest BCUT2D eigenvalue weighted by Gasteiger charge is 2.19. The van der Waals surface area contributed by atoms with Gasteiger partial charge in [0, 0.05) is 17.5 Å². The molecule has 1 aromatic rings. The Bertz CT molecular complexity index is 397. The van der Waals surface area contributed by atoms with E-state index in [1.807, 2.05) is 0 Å². The van der Waals surface area contributed by atoms with Gasteiger partial charge in [0.25, 0.3) is 0 Å². The average Bonchev–Trinajstić information content (AvgIpc) is 2.13. The first-order valence-corrected chi connectivity index (χ1v) is 6.88. The maximum Gasteiger partial charge on any atom is 0.137 e. The monoisotopic (exact) mass is 269 g/mol. The molecule has 0 aromatic carbocycles. The van der Waals surface area contributed by atoms with E-state index in [4.69, 9.17) is 11.6 Å². The van der Waals surface area contributed by atoms with Crippen LogP contribution in [0.3, 0.4) is 0 Å². The maximum absolute atomic E-state index is 6.05. The average molecular weight is 270 g/mol. The molecule has 0 saturated heterocycles. The third-order valence-electron chi connectivity index (χ3n) is 2.58. The second-order valence-corrected chi connectivity index (χ2v) is 6.71. The molecule has 0 aliphatic carbocycles. The van der Waals surface area contributed by atoms with Gasteiger partial charge >= 0.3 is 0 Å². The zero-order chi connectivity index (χ0) is 13.9. The topological polar surface area (TPSA) is 37.8 Å². The number of rotatable bonds is 4. The predicted octanol–water partition coefficient (Wildman–Crippen LogP) is 4.27. The van der Waals surface area contributed by atoms with Crippen molar-refractivity contribution < 1.29 is 0 Å². The fraction of sp³-hybridized carbons (Fsp3) is 0.714. The SMILES string of the molecule is CC(C)CC(C)Nc1cc(Cl)nc(C(C)(C)C)n1. The van der Waals surface area contributed by atoms with Crippen molar-refractivity contribution in [3.8, 4) is 0 Å². The van der Waals surface area contributed by atoms with Crippen molar-refractivity contribution in [1.82, 2.24) is 9.97 Å². The van der Waals surface area contributed by atoms with Crippen molar-refractivity contribution in [3.05, 3.63) is 17.0 Å². The molecular weight excluding hydrogens is 246 g/mol.